The van der Waals surface area contributed by atoms with E-state index in [-0.39, 0.29) is 5.41 Å². The molecule has 4 heteroatoms. The first-order valence-corrected chi connectivity index (χ1v) is 17.3. The van der Waals surface area contributed by atoms with Gasteiger partial charge in [-0.3, -0.25) is 0 Å². The molecule has 0 unspecified atom stereocenters. The van der Waals surface area contributed by atoms with Crippen LogP contribution in [-0.4, -0.2) is 15.0 Å². The fourth-order valence-corrected chi connectivity index (χ4v) is 8.50. The van der Waals surface area contributed by atoms with Gasteiger partial charge in [0, 0.05) is 27.3 Å². The minimum Gasteiger partial charge on any atom is -0.455 e. The number of hydrogen-bond donors (Lipinski definition) is 0. The predicted octanol–water partition coefficient (Wildman–Crippen LogP) is 11.7. The van der Waals surface area contributed by atoms with Crippen molar-refractivity contribution < 1.29 is 4.42 Å². The van der Waals surface area contributed by atoms with Crippen LogP contribution in [0.5, 0.6) is 0 Å². The molecule has 2 aromatic heterocycles. The highest BCUT2D eigenvalue weighted by Crippen LogP contribution is 2.57. The van der Waals surface area contributed by atoms with Crippen LogP contribution in [0.25, 0.3) is 78.4 Å². The fraction of sp³-hybridized carbons (Fsp3) is 0.133. The molecule has 1 fully saturated rings. The monoisotopic (exact) mass is 631 g/mol. The van der Waals surface area contributed by atoms with Crippen molar-refractivity contribution in [3.8, 4) is 56.4 Å². The molecule has 0 aliphatic heterocycles. The van der Waals surface area contributed by atoms with Gasteiger partial charge in [0.25, 0.3) is 0 Å². The summed E-state index contributed by atoms with van der Waals surface area (Å²) in [6.45, 7) is 0. The molecule has 234 valence electrons. The van der Waals surface area contributed by atoms with E-state index >= 15 is 0 Å². The zero-order valence-electron chi connectivity index (χ0n) is 27.1. The van der Waals surface area contributed by atoms with E-state index < -0.39 is 0 Å². The molecular formula is C45H33N3O. The normalized spacial score (nSPS) is 14.7. The lowest BCUT2D eigenvalue weighted by Crippen LogP contribution is -2.27. The Morgan fingerprint density at radius 3 is 1.86 bits per heavy atom. The molecule has 49 heavy (non-hydrogen) atoms. The lowest BCUT2D eigenvalue weighted by atomic mass is 9.68. The number of nitrogens with zero attached hydrogens (tertiary/aromatic N) is 3. The second-order valence-corrected chi connectivity index (χ2v) is 13.4. The summed E-state index contributed by atoms with van der Waals surface area (Å²) in [5.74, 6) is 1.86. The molecule has 4 nitrogen and oxygen atoms in total. The van der Waals surface area contributed by atoms with Crippen LogP contribution in [-0.2, 0) is 5.41 Å². The summed E-state index contributed by atoms with van der Waals surface area (Å²) < 4.78 is 6.40. The molecule has 10 rings (SSSR count). The van der Waals surface area contributed by atoms with Crippen LogP contribution >= 0.6 is 0 Å². The van der Waals surface area contributed by atoms with Gasteiger partial charge in [-0.25, -0.2) is 15.0 Å². The maximum atomic E-state index is 6.40. The summed E-state index contributed by atoms with van der Waals surface area (Å²) in [6, 6.07) is 49.3. The zero-order valence-corrected chi connectivity index (χ0v) is 27.1. The van der Waals surface area contributed by atoms with Gasteiger partial charge in [0.15, 0.2) is 17.5 Å². The van der Waals surface area contributed by atoms with Crippen LogP contribution < -0.4 is 0 Å². The Hall–Kier alpha value is -5.87. The van der Waals surface area contributed by atoms with E-state index in [9.17, 15) is 0 Å². The Kier molecular flexibility index (Phi) is 6.38. The Balaban J connectivity index is 1.10. The molecule has 0 saturated heterocycles. The molecule has 0 radical (unpaired) electrons. The molecule has 0 atom stereocenters. The van der Waals surface area contributed by atoms with Gasteiger partial charge in [-0.1, -0.05) is 147 Å². The van der Waals surface area contributed by atoms with Crippen LogP contribution in [0.3, 0.4) is 0 Å². The van der Waals surface area contributed by atoms with Crippen molar-refractivity contribution in [1.29, 1.82) is 0 Å². The van der Waals surface area contributed by atoms with E-state index in [1.165, 1.54) is 65.5 Å². The first-order valence-electron chi connectivity index (χ1n) is 17.3. The van der Waals surface area contributed by atoms with Crippen LogP contribution in [0.1, 0.15) is 43.2 Å². The molecule has 8 aromatic rings. The third kappa shape index (κ3) is 4.40. The van der Waals surface area contributed by atoms with Gasteiger partial charge in [0.1, 0.15) is 11.2 Å². The average molecular weight is 632 g/mol. The average Bonchev–Trinajstić information content (AvgIpc) is 3.69. The van der Waals surface area contributed by atoms with Gasteiger partial charge in [0.2, 0.25) is 0 Å². The number of furan rings is 1. The highest BCUT2D eigenvalue weighted by atomic mass is 16.3. The van der Waals surface area contributed by atoms with Crippen molar-refractivity contribution in [2.75, 3.05) is 0 Å². The number of aromatic nitrogens is 3. The van der Waals surface area contributed by atoms with E-state index in [2.05, 4.69) is 78.9 Å². The molecular weight excluding hydrogens is 599 g/mol. The van der Waals surface area contributed by atoms with E-state index in [0.717, 1.165) is 38.6 Å². The summed E-state index contributed by atoms with van der Waals surface area (Å²) in [7, 11) is 0. The van der Waals surface area contributed by atoms with Gasteiger partial charge in [-0.2, -0.15) is 0 Å². The Labute approximate surface area is 285 Å². The third-order valence-corrected chi connectivity index (χ3v) is 10.8. The largest absolute Gasteiger partial charge is 0.455 e. The number of hydrogen-bond acceptors (Lipinski definition) is 4. The van der Waals surface area contributed by atoms with Crippen molar-refractivity contribution in [2.24, 2.45) is 0 Å². The standard InChI is InChI=1S/C45H33N3O/c1-3-13-30(14-4-1)42-46-43(48-44(47-42)36-19-11-18-34-33-15-6-8-22-39(33)49-41(34)36)31-25-23-29(24-26-31)32-17-12-21-38-40(32)35-16-5-7-20-37(35)45(38)27-9-2-10-28-45/h1,3-8,11-26H,2,9-10,27-28H2. The molecule has 2 aliphatic carbocycles. The van der Waals surface area contributed by atoms with E-state index in [0.29, 0.717) is 17.5 Å². The molecule has 0 N–H and O–H groups in total. The maximum absolute atomic E-state index is 6.40. The van der Waals surface area contributed by atoms with Crippen LogP contribution in [0, 0.1) is 0 Å². The second kappa shape index (κ2) is 11.1. The highest BCUT2D eigenvalue weighted by Gasteiger charge is 2.44. The number of fused-ring (bicyclic) bond motifs is 8. The summed E-state index contributed by atoms with van der Waals surface area (Å²) >= 11 is 0. The van der Waals surface area contributed by atoms with Gasteiger partial charge < -0.3 is 4.42 Å². The molecule has 1 spiro atoms. The summed E-state index contributed by atoms with van der Waals surface area (Å²) in [5.41, 5.74) is 12.8. The second-order valence-electron chi connectivity index (χ2n) is 13.4. The smallest absolute Gasteiger partial charge is 0.167 e. The summed E-state index contributed by atoms with van der Waals surface area (Å²) in [6.07, 6.45) is 6.37. The van der Waals surface area contributed by atoms with Gasteiger partial charge in [-0.05, 0) is 58.4 Å². The Morgan fingerprint density at radius 1 is 0.429 bits per heavy atom. The maximum Gasteiger partial charge on any atom is 0.167 e. The van der Waals surface area contributed by atoms with E-state index in [4.69, 9.17) is 19.4 Å². The Bertz CT molecular complexity index is 2520. The quantitative estimate of drug-likeness (QED) is 0.194. The first-order chi connectivity index (χ1) is 24.3. The van der Waals surface area contributed by atoms with Crippen LogP contribution in [0.2, 0.25) is 0 Å². The summed E-state index contributed by atoms with van der Waals surface area (Å²) in [4.78, 5) is 15.1. The molecule has 2 heterocycles. The van der Waals surface area contributed by atoms with E-state index in [1.807, 2.05) is 60.7 Å². The van der Waals surface area contributed by atoms with Crippen molar-refractivity contribution in [2.45, 2.75) is 37.5 Å². The van der Waals surface area contributed by atoms with Crippen molar-refractivity contribution in [3.05, 3.63) is 151 Å². The topological polar surface area (TPSA) is 51.8 Å². The van der Waals surface area contributed by atoms with Crippen LogP contribution in [0.15, 0.2) is 144 Å². The molecule has 6 aromatic carbocycles. The van der Waals surface area contributed by atoms with Crippen LogP contribution in [0.4, 0.5) is 0 Å². The number of para-hydroxylation sites is 2. The van der Waals surface area contributed by atoms with Crippen molar-refractivity contribution in [1.82, 2.24) is 15.0 Å². The zero-order chi connectivity index (χ0) is 32.4. The summed E-state index contributed by atoms with van der Waals surface area (Å²) in [5, 5.41) is 2.13. The molecule has 1 saturated carbocycles. The van der Waals surface area contributed by atoms with Gasteiger partial charge >= 0.3 is 0 Å². The fourth-order valence-electron chi connectivity index (χ4n) is 8.50. The van der Waals surface area contributed by atoms with Crippen molar-refractivity contribution in [3.63, 3.8) is 0 Å². The predicted molar refractivity (Wildman–Crippen MR) is 198 cm³/mol. The number of benzene rings is 6. The minimum atomic E-state index is 0.137. The Morgan fingerprint density at radius 2 is 1.02 bits per heavy atom. The molecule has 2 aliphatic rings. The first kappa shape index (κ1) is 28.2. The molecule has 0 bridgehead atoms. The number of rotatable bonds is 4. The third-order valence-electron chi connectivity index (χ3n) is 10.8. The minimum absolute atomic E-state index is 0.137. The van der Waals surface area contributed by atoms with Crippen molar-refractivity contribution >= 4 is 21.9 Å². The SMILES string of the molecule is c1ccc(-c2nc(-c3ccc(-c4cccc5c4-c4ccccc4C54CCCCC4)cc3)nc(-c3cccc4c3oc3ccccc34)n2)cc1. The molecule has 0 amide bonds. The van der Waals surface area contributed by atoms with Gasteiger partial charge in [0.05, 0.1) is 5.56 Å². The van der Waals surface area contributed by atoms with E-state index in [1.54, 1.807) is 0 Å². The van der Waals surface area contributed by atoms with Gasteiger partial charge in [-0.15, -0.1) is 0 Å². The highest BCUT2D eigenvalue weighted by molar-refractivity contribution is 6.09. The lowest BCUT2D eigenvalue weighted by Gasteiger charge is -2.36. The lowest BCUT2D eigenvalue weighted by molar-refractivity contribution is 0.353.